The molecular formula is C22H26F2N6O4S2. The standard InChI is InChI=1S/C22H26F2N6O4S2/c1-22(12-34-13-22)27-36(31,32)15-8-17-16(20-25-26-21(35-20)19(23)24)2-3-30(17)18(9-15)29-5-4-28-6-7-33-11-14(28)10-29/h2-3,8-9,14,19,27H,4-7,10-13H2,1H3/t14-/m1/s1. The van der Waals surface area contributed by atoms with E-state index < -0.39 is 22.0 Å². The van der Waals surface area contributed by atoms with Gasteiger partial charge in [0.05, 0.1) is 48.4 Å². The second kappa shape index (κ2) is 8.96. The van der Waals surface area contributed by atoms with Crippen molar-refractivity contribution in [1.82, 2.24) is 24.2 Å². The zero-order valence-electron chi connectivity index (χ0n) is 19.6. The number of nitrogens with zero attached hydrogens (tertiary/aromatic N) is 5. The first kappa shape index (κ1) is 24.1. The topological polar surface area (TPSA) is 101 Å². The predicted molar refractivity (Wildman–Crippen MR) is 129 cm³/mol. The van der Waals surface area contributed by atoms with Gasteiger partial charge >= 0.3 is 0 Å². The number of hydrogen-bond acceptors (Lipinski definition) is 9. The Kier molecular flexibility index (Phi) is 6.00. The smallest absolute Gasteiger partial charge is 0.291 e. The lowest BCUT2D eigenvalue weighted by atomic mass is 10.0. The molecule has 10 nitrogen and oxygen atoms in total. The van der Waals surface area contributed by atoms with Crippen molar-refractivity contribution < 1.29 is 26.7 Å². The maximum Gasteiger partial charge on any atom is 0.291 e. The summed E-state index contributed by atoms with van der Waals surface area (Å²) in [6, 6.07) is 5.21. The third-order valence-electron chi connectivity index (χ3n) is 6.87. The molecule has 3 aliphatic rings. The Morgan fingerprint density at radius 2 is 2.03 bits per heavy atom. The fraction of sp³-hybridized carbons (Fsp3) is 0.545. The lowest BCUT2D eigenvalue weighted by Gasteiger charge is -2.44. The van der Waals surface area contributed by atoms with Gasteiger partial charge in [-0.05, 0) is 25.1 Å². The summed E-state index contributed by atoms with van der Waals surface area (Å²) in [5, 5.41) is 7.50. The summed E-state index contributed by atoms with van der Waals surface area (Å²) < 4.78 is 68.8. The summed E-state index contributed by atoms with van der Waals surface area (Å²) in [4.78, 5) is 4.65. The van der Waals surface area contributed by atoms with Gasteiger partial charge in [-0.1, -0.05) is 11.3 Å². The summed E-state index contributed by atoms with van der Waals surface area (Å²) in [7, 11) is -3.90. The first-order valence-corrected chi connectivity index (χ1v) is 14.0. The highest BCUT2D eigenvalue weighted by atomic mass is 32.2. The third-order valence-corrected chi connectivity index (χ3v) is 9.46. The predicted octanol–water partition coefficient (Wildman–Crippen LogP) is 1.98. The highest BCUT2D eigenvalue weighted by molar-refractivity contribution is 7.89. The number of fused-ring (bicyclic) bond motifs is 2. The van der Waals surface area contributed by atoms with Crippen LogP contribution in [0.3, 0.4) is 0 Å². The third kappa shape index (κ3) is 4.29. The van der Waals surface area contributed by atoms with E-state index in [1.54, 1.807) is 25.1 Å². The van der Waals surface area contributed by atoms with Crippen LogP contribution in [0.2, 0.25) is 0 Å². The number of pyridine rings is 1. The zero-order chi connectivity index (χ0) is 25.1. The van der Waals surface area contributed by atoms with E-state index in [2.05, 4.69) is 24.7 Å². The summed E-state index contributed by atoms with van der Waals surface area (Å²) in [6.45, 7) is 6.83. The Labute approximate surface area is 210 Å². The molecule has 3 aromatic heterocycles. The number of hydrogen-bond donors (Lipinski definition) is 1. The van der Waals surface area contributed by atoms with E-state index in [9.17, 15) is 17.2 Å². The molecule has 0 saturated carbocycles. The molecule has 6 heterocycles. The summed E-state index contributed by atoms with van der Waals surface area (Å²) >= 11 is 0.802. The molecule has 0 amide bonds. The van der Waals surface area contributed by atoms with Gasteiger partial charge in [0, 0.05) is 37.9 Å². The molecule has 0 bridgehead atoms. The van der Waals surface area contributed by atoms with Crippen molar-refractivity contribution in [2.75, 3.05) is 57.5 Å². The molecule has 0 radical (unpaired) electrons. The van der Waals surface area contributed by atoms with E-state index in [-0.39, 0.29) is 15.9 Å². The second-order valence-corrected chi connectivity index (χ2v) is 12.3. The van der Waals surface area contributed by atoms with Crippen molar-refractivity contribution >= 4 is 32.7 Å². The van der Waals surface area contributed by atoms with Crippen LogP contribution in [0.1, 0.15) is 18.4 Å². The number of rotatable bonds is 6. The van der Waals surface area contributed by atoms with Crippen molar-refractivity contribution in [3.8, 4) is 10.6 Å². The average Bonchev–Trinajstić information content (AvgIpc) is 3.49. The summed E-state index contributed by atoms with van der Waals surface area (Å²) in [5.41, 5.74) is 0.435. The van der Waals surface area contributed by atoms with E-state index in [4.69, 9.17) is 9.47 Å². The molecule has 194 valence electrons. The normalized spacial score (nSPS) is 22.7. The van der Waals surface area contributed by atoms with Gasteiger partial charge in [0.25, 0.3) is 6.43 Å². The first-order valence-electron chi connectivity index (χ1n) is 11.7. The van der Waals surface area contributed by atoms with Crippen LogP contribution in [0.4, 0.5) is 14.6 Å². The Morgan fingerprint density at radius 3 is 2.75 bits per heavy atom. The van der Waals surface area contributed by atoms with Crippen molar-refractivity contribution in [1.29, 1.82) is 0 Å². The zero-order valence-corrected chi connectivity index (χ0v) is 21.2. The van der Waals surface area contributed by atoms with Crippen LogP contribution in [0.25, 0.3) is 16.1 Å². The Bertz CT molecular complexity index is 1390. The number of morpholine rings is 1. The maximum atomic E-state index is 13.5. The highest BCUT2D eigenvalue weighted by Crippen LogP contribution is 2.36. The van der Waals surface area contributed by atoms with Gasteiger partial charge in [-0.3, -0.25) is 4.90 Å². The molecule has 0 aromatic carbocycles. The van der Waals surface area contributed by atoms with Gasteiger partial charge in [0.2, 0.25) is 10.0 Å². The maximum absolute atomic E-state index is 13.5. The second-order valence-electron chi connectivity index (χ2n) is 9.65. The van der Waals surface area contributed by atoms with Crippen LogP contribution in [-0.4, -0.2) is 92.1 Å². The Hall–Kier alpha value is -2.23. The average molecular weight is 541 g/mol. The van der Waals surface area contributed by atoms with Gasteiger partial charge in [0.15, 0.2) is 5.01 Å². The monoisotopic (exact) mass is 540 g/mol. The first-order chi connectivity index (χ1) is 17.2. The Balaban J connectivity index is 1.45. The molecule has 14 heteroatoms. The Morgan fingerprint density at radius 1 is 1.19 bits per heavy atom. The highest BCUT2D eigenvalue weighted by Gasteiger charge is 2.38. The van der Waals surface area contributed by atoms with Crippen molar-refractivity contribution in [2.45, 2.75) is 29.8 Å². The van der Waals surface area contributed by atoms with Crippen molar-refractivity contribution in [2.24, 2.45) is 0 Å². The molecule has 0 aliphatic carbocycles. The minimum absolute atomic E-state index is 0.0963. The molecule has 3 fully saturated rings. The largest absolute Gasteiger partial charge is 0.378 e. The van der Waals surface area contributed by atoms with Gasteiger partial charge in [-0.2, -0.15) is 0 Å². The molecule has 3 saturated heterocycles. The van der Waals surface area contributed by atoms with Crippen LogP contribution >= 0.6 is 11.3 Å². The molecule has 6 rings (SSSR count). The van der Waals surface area contributed by atoms with Crippen LogP contribution in [0, 0.1) is 0 Å². The molecular weight excluding hydrogens is 514 g/mol. The van der Waals surface area contributed by atoms with Crippen LogP contribution in [0.5, 0.6) is 0 Å². The number of nitrogens with one attached hydrogen (secondary N) is 1. The molecule has 3 aliphatic heterocycles. The van der Waals surface area contributed by atoms with Crippen LogP contribution < -0.4 is 9.62 Å². The summed E-state index contributed by atoms with van der Waals surface area (Å²) in [6.07, 6.45) is -0.904. The molecule has 0 spiro atoms. The molecule has 3 aromatic rings. The number of sulfonamides is 1. The number of piperazine rings is 1. The van der Waals surface area contributed by atoms with Crippen molar-refractivity contribution in [3.63, 3.8) is 0 Å². The molecule has 1 atom stereocenters. The minimum atomic E-state index is -3.90. The van der Waals surface area contributed by atoms with Gasteiger partial charge < -0.3 is 18.8 Å². The number of halogens is 2. The fourth-order valence-electron chi connectivity index (χ4n) is 4.98. The van der Waals surface area contributed by atoms with Crippen LogP contribution in [0.15, 0.2) is 29.3 Å². The lowest BCUT2D eigenvalue weighted by molar-refractivity contribution is -0.0523. The van der Waals surface area contributed by atoms with Gasteiger partial charge in [0.1, 0.15) is 10.8 Å². The molecule has 1 N–H and O–H groups in total. The number of ether oxygens (including phenoxy) is 2. The molecule has 36 heavy (non-hydrogen) atoms. The molecule has 0 unspecified atom stereocenters. The number of alkyl halides is 2. The van der Waals surface area contributed by atoms with Gasteiger partial charge in [-0.25, -0.2) is 21.9 Å². The van der Waals surface area contributed by atoms with E-state index in [1.807, 2.05) is 10.6 Å². The lowest BCUT2D eigenvalue weighted by Crippen LogP contribution is -2.59. The number of aromatic nitrogens is 3. The quantitative estimate of drug-likeness (QED) is 0.507. The van der Waals surface area contributed by atoms with Crippen LogP contribution in [-0.2, 0) is 19.5 Å². The summed E-state index contributed by atoms with van der Waals surface area (Å²) in [5.74, 6) is 0.706. The van der Waals surface area contributed by atoms with E-state index in [0.29, 0.717) is 54.9 Å². The SMILES string of the molecule is CC1(NS(=O)(=O)c2cc(N3CCN4CCOC[C@H]4C3)n3ccc(-c4nnc(C(F)F)s4)c3c2)COC1. The number of anilines is 1. The van der Waals surface area contributed by atoms with E-state index in [0.717, 1.165) is 31.0 Å². The minimum Gasteiger partial charge on any atom is -0.378 e. The van der Waals surface area contributed by atoms with E-state index in [1.165, 1.54) is 0 Å². The van der Waals surface area contributed by atoms with Crippen molar-refractivity contribution in [3.05, 3.63) is 29.4 Å². The van der Waals surface area contributed by atoms with E-state index >= 15 is 0 Å². The fourth-order valence-corrected chi connectivity index (χ4v) is 7.13. The van der Waals surface area contributed by atoms with Gasteiger partial charge in [-0.15, -0.1) is 10.2 Å².